The van der Waals surface area contributed by atoms with E-state index in [9.17, 15) is 4.79 Å². The minimum absolute atomic E-state index is 0. The average Bonchev–Trinajstić information content (AvgIpc) is 2.35. The molecular formula is C14H23Cl2N3O. The lowest BCUT2D eigenvalue weighted by Crippen LogP contribution is -2.52. The number of carbonyl (C=O) groups is 1. The Bertz CT molecular complexity index is 411. The van der Waals surface area contributed by atoms with Gasteiger partial charge in [-0.3, -0.25) is 9.78 Å². The van der Waals surface area contributed by atoms with Crippen molar-refractivity contribution in [2.24, 2.45) is 0 Å². The molecule has 1 amide bonds. The summed E-state index contributed by atoms with van der Waals surface area (Å²) < 4.78 is 0. The molecule has 2 heterocycles. The first-order chi connectivity index (χ1) is 8.65. The zero-order chi connectivity index (χ0) is 13.0. The minimum Gasteiger partial charge on any atom is -0.352 e. The lowest BCUT2D eigenvalue weighted by Gasteiger charge is -2.30. The number of pyridine rings is 1. The zero-order valence-corrected chi connectivity index (χ0v) is 13.5. The summed E-state index contributed by atoms with van der Waals surface area (Å²) in [5.41, 5.74) is 1.94. The Morgan fingerprint density at radius 3 is 2.80 bits per heavy atom. The Morgan fingerprint density at radius 2 is 2.20 bits per heavy atom. The molecule has 2 N–H and O–H groups in total. The zero-order valence-electron chi connectivity index (χ0n) is 11.9. The summed E-state index contributed by atoms with van der Waals surface area (Å²) in [6, 6.07) is 4.52. The highest BCUT2D eigenvalue weighted by molar-refractivity contribution is 5.85. The number of rotatable bonds is 3. The van der Waals surface area contributed by atoms with E-state index in [0.717, 1.165) is 30.6 Å². The molecule has 1 fully saturated rings. The van der Waals surface area contributed by atoms with Crippen LogP contribution in [0.2, 0.25) is 0 Å². The highest BCUT2D eigenvalue weighted by atomic mass is 35.5. The standard InChI is InChI=1S/C14H21N3O.2ClH/c1-10-5-6-12(9-16-10)8-14(18)17-13-4-3-7-15-11(13)2;;/h5-6,9,11,13,15H,3-4,7-8H2,1-2H3,(H,17,18);2*1H. The second-order valence-electron chi connectivity index (χ2n) is 5.04. The molecule has 0 aliphatic carbocycles. The Kier molecular flexibility index (Phi) is 8.78. The van der Waals surface area contributed by atoms with E-state index in [2.05, 4.69) is 22.5 Å². The lowest BCUT2D eigenvalue weighted by atomic mass is 9.99. The van der Waals surface area contributed by atoms with Crippen molar-refractivity contribution >= 4 is 30.7 Å². The molecule has 20 heavy (non-hydrogen) atoms. The van der Waals surface area contributed by atoms with Crippen LogP contribution >= 0.6 is 24.8 Å². The molecule has 114 valence electrons. The Labute approximate surface area is 132 Å². The molecule has 1 aliphatic rings. The molecule has 0 aromatic carbocycles. The second-order valence-corrected chi connectivity index (χ2v) is 5.04. The molecule has 1 aromatic heterocycles. The summed E-state index contributed by atoms with van der Waals surface area (Å²) in [7, 11) is 0. The fourth-order valence-electron chi connectivity index (χ4n) is 2.29. The van der Waals surface area contributed by atoms with Crippen LogP contribution < -0.4 is 10.6 Å². The smallest absolute Gasteiger partial charge is 0.224 e. The maximum absolute atomic E-state index is 11.9. The van der Waals surface area contributed by atoms with Crippen LogP contribution in [0.3, 0.4) is 0 Å². The quantitative estimate of drug-likeness (QED) is 0.896. The maximum atomic E-state index is 11.9. The van der Waals surface area contributed by atoms with Crippen LogP contribution in [0.15, 0.2) is 18.3 Å². The molecule has 0 bridgehead atoms. The molecule has 6 heteroatoms. The van der Waals surface area contributed by atoms with Crippen molar-refractivity contribution in [3.05, 3.63) is 29.6 Å². The Hall–Kier alpha value is -0.840. The van der Waals surface area contributed by atoms with Gasteiger partial charge < -0.3 is 10.6 Å². The monoisotopic (exact) mass is 319 g/mol. The predicted octanol–water partition coefficient (Wildman–Crippen LogP) is 2.03. The fourth-order valence-corrected chi connectivity index (χ4v) is 2.29. The third kappa shape index (κ3) is 5.65. The van der Waals surface area contributed by atoms with Gasteiger partial charge in [0.15, 0.2) is 0 Å². The molecular weight excluding hydrogens is 297 g/mol. The Morgan fingerprint density at radius 1 is 1.45 bits per heavy atom. The van der Waals surface area contributed by atoms with Crippen LogP contribution in [0, 0.1) is 6.92 Å². The van der Waals surface area contributed by atoms with Crippen LogP contribution in [0.25, 0.3) is 0 Å². The minimum atomic E-state index is 0. The number of aromatic nitrogens is 1. The van der Waals surface area contributed by atoms with Crippen molar-refractivity contribution in [1.29, 1.82) is 0 Å². The number of aryl methyl sites for hydroxylation is 1. The molecule has 1 saturated heterocycles. The van der Waals surface area contributed by atoms with Crippen LogP contribution in [-0.4, -0.2) is 29.5 Å². The van der Waals surface area contributed by atoms with Gasteiger partial charge in [-0.25, -0.2) is 0 Å². The van der Waals surface area contributed by atoms with Crippen LogP contribution in [0.5, 0.6) is 0 Å². The molecule has 1 aromatic rings. The molecule has 0 radical (unpaired) electrons. The van der Waals surface area contributed by atoms with E-state index in [1.54, 1.807) is 6.20 Å². The summed E-state index contributed by atoms with van der Waals surface area (Å²) in [6.45, 7) is 5.12. The van der Waals surface area contributed by atoms with Gasteiger partial charge in [-0.15, -0.1) is 24.8 Å². The van der Waals surface area contributed by atoms with Gasteiger partial charge in [0, 0.05) is 24.0 Å². The highest BCUT2D eigenvalue weighted by Crippen LogP contribution is 2.08. The molecule has 0 spiro atoms. The van der Waals surface area contributed by atoms with Gasteiger partial charge in [0.25, 0.3) is 0 Å². The SMILES string of the molecule is Cc1ccc(CC(=O)NC2CCCNC2C)cn1.Cl.Cl. The molecule has 1 aliphatic heterocycles. The summed E-state index contributed by atoms with van der Waals surface area (Å²) in [5, 5.41) is 6.48. The third-order valence-corrected chi connectivity index (χ3v) is 3.45. The van der Waals surface area contributed by atoms with Gasteiger partial charge in [0.2, 0.25) is 5.91 Å². The van der Waals surface area contributed by atoms with Gasteiger partial charge in [0.05, 0.1) is 6.42 Å². The van der Waals surface area contributed by atoms with E-state index in [1.165, 1.54) is 0 Å². The highest BCUT2D eigenvalue weighted by Gasteiger charge is 2.22. The number of halogens is 2. The van der Waals surface area contributed by atoms with Gasteiger partial charge in [-0.05, 0) is 44.9 Å². The van der Waals surface area contributed by atoms with Crippen molar-refractivity contribution in [3.8, 4) is 0 Å². The largest absolute Gasteiger partial charge is 0.352 e. The van der Waals surface area contributed by atoms with E-state index >= 15 is 0 Å². The van der Waals surface area contributed by atoms with E-state index < -0.39 is 0 Å². The first-order valence-corrected chi connectivity index (χ1v) is 6.59. The van der Waals surface area contributed by atoms with Gasteiger partial charge in [-0.1, -0.05) is 6.07 Å². The van der Waals surface area contributed by atoms with Gasteiger partial charge in [-0.2, -0.15) is 0 Å². The van der Waals surface area contributed by atoms with E-state index in [0.29, 0.717) is 12.5 Å². The van der Waals surface area contributed by atoms with Gasteiger partial charge in [0.1, 0.15) is 0 Å². The first kappa shape index (κ1) is 19.2. The Balaban J connectivity index is 0.00000180. The predicted molar refractivity (Wildman–Crippen MR) is 85.8 cm³/mol. The van der Waals surface area contributed by atoms with Crippen molar-refractivity contribution in [2.75, 3.05) is 6.54 Å². The van der Waals surface area contributed by atoms with Crippen LogP contribution in [-0.2, 0) is 11.2 Å². The van der Waals surface area contributed by atoms with E-state index in [4.69, 9.17) is 0 Å². The number of hydrogen-bond acceptors (Lipinski definition) is 3. The summed E-state index contributed by atoms with van der Waals surface area (Å²) in [5.74, 6) is 0.0844. The number of hydrogen-bond donors (Lipinski definition) is 2. The lowest BCUT2D eigenvalue weighted by molar-refractivity contribution is -0.121. The van der Waals surface area contributed by atoms with Gasteiger partial charge >= 0.3 is 0 Å². The number of carbonyl (C=O) groups excluding carboxylic acids is 1. The van der Waals surface area contributed by atoms with Crippen molar-refractivity contribution in [1.82, 2.24) is 15.6 Å². The van der Waals surface area contributed by atoms with E-state index in [1.807, 2.05) is 19.1 Å². The van der Waals surface area contributed by atoms with Crippen molar-refractivity contribution in [2.45, 2.75) is 45.2 Å². The summed E-state index contributed by atoms with van der Waals surface area (Å²) >= 11 is 0. The molecule has 0 saturated carbocycles. The molecule has 4 nitrogen and oxygen atoms in total. The number of nitrogens with one attached hydrogen (secondary N) is 2. The number of amides is 1. The molecule has 2 atom stereocenters. The topological polar surface area (TPSA) is 54.0 Å². The molecule has 2 unspecified atom stereocenters. The first-order valence-electron chi connectivity index (χ1n) is 6.59. The van der Waals surface area contributed by atoms with Crippen molar-refractivity contribution < 1.29 is 4.79 Å². The molecule has 2 rings (SSSR count). The summed E-state index contributed by atoms with van der Waals surface area (Å²) in [6.07, 6.45) is 4.38. The number of piperidine rings is 1. The average molecular weight is 320 g/mol. The van der Waals surface area contributed by atoms with Crippen LogP contribution in [0.1, 0.15) is 31.0 Å². The van der Waals surface area contributed by atoms with Crippen molar-refractivity contribution in [3.63, 3.8) is 0 Å². The number of nitrogens with zero attached hydrogens (tertiary/aromatic N) is 1. The van der Waals surface area contributed by atoms with Crippen LogP contribution in [0.4, 0.5) is 0 Å². The second kappa shape index (κ2) is 9.16. The normalized spacial score (nSPS) is 21.3. The third-order valence-electron chi connectivity index (χ3n) is 3.45. The van der Waals surface area contributed by atoms with E-state index in [-0.39, 0.29) is 36.8 Å². The maximum Gasteiger partial charge on any atom is 0.224 e. The summed E-state index contributed by atoms with van der Waals surface area (Å²) in [4.78, 5) is 16.1. The fraction of sp³-hybridized carbons (Fsp3) is 0.571.